The lowest BCUT2D eigenvalue weighted by atomic mass is 10.0. The largest absolute Gasteiger partial charge is 0.481 e. The summed E-state index contributed by atoms with van der Waals surface area (Å²) in [5, 5.41) is 0. The van der Waals surface area contributed by atoms with Gasteiger partial charge in [0.25, 0.3) is 0 Å². The zero-order valence-corrected chi connectivity index (χ0v) is 11.1. The second-order valence-electron chi connectivity index (χ2n) is 4.74. The van der Waals surface area contributed by atoms with Gasteiger partial charge in [0.2, 0.25) is 5.78 Å². The molecular weight excluding hydrogens is 270 g/mol. The van der Waals surface area contributed by atoms with E-state index in [0.717, 1.165) is 5.56 Å². The second kappa shape index (κ2) is 5.28. The van der Waals surface area contributed by atoms with Crippen LogP contribution in [0.5, 0.6) is 11.5 Å². The molecule has 0 radical (unpaired) electrons. The lowest BCUT2D eigenvalue weighted by molar-refractivity contribution is 0.0857. The van der Waals surface area contributed by atoms with Crippen LogP contribution >= 0.6 is 0 Å². The van der Waals surface area contributed by atoms with Crippen LogP contribution in [0.4, 0.5) is 4.79 Å². The van der Waals surface area contributed by atoms with Crippen molar-refractivity contribution >= 4 is 11.9 Å². The van der Waals surface area contributed by atoms with Gasteiger partial charge in [-0.3, -0.25) is 4.79 Å². The molecule has 2 aromatic carbocycles. The van der Waals surface area contributed by atoms with Crippen LogP contribution in [0.15, 0.2) is 48.5 Å². The number of rotatable bonds is 3. The van der Waals surface area contributed by atoms with E-state index < -0.39 is 12.2 Å². The number of carbonyl (C=O) groups excluding carboxylic acids is 2. The quantitative estimate of drug-likeness (QED) is 0.937. The molecule has 106 valence electrons. The highest BCUT2D eigenvalue weighted by atomic mass is 16.5. The van der Waals surface area contributed by atoms with E-state index in [1.165, 1.54) is 12.1 Å². The molecule has 5 nitrogen and oxygen atoms in total. The fraction of sp³-hybridized carbons (Fsp3) is 0.125. The van der Waals surface area contributed by atoms with Gasteiger partial charge in [0.15, 0.2) is 6.10 Å². The lowest BCUT2D eigenvalue weighted by Gasteiger charge is -2.09. The SMILES string of the molecule is NC(=O)Oc1ccc2c(c1)OC(Cc1ccccc1)C2=O. The third kappa shape index (κ3) is 2.72. The Balaban J connectivity index is 1.80. The van der Waals surface area contributed by atoms with Crippen molar-refractivity contribution in [2.24, 2.45) is 5.73 Å². The summed E-state index contributed by atoms with van der Waals surface area (Å²) in [5.74, 6) is 0.605. The Morgan fingerprint density at radius 2 is 1.95 bits per heavy atom. The van der Waals surface area contributed by atoms with Gasteiger partial charge in [0.1, 0.15) is 11.5 Å². The first-order chi connectivity index (χ1) is 10.1. The number of hydrogen-bond acceptors (Lipinski definition) is 4. The lowest BCUT2D eigenvalue weighted by Crippen LogP contribution is -2.23. The Labute approximate surface area is 121 Å². The molecule has 1 aliphatic heterocycles. The van der Waals surface area contributed by atoms with Crippen molar-refractivity contribution in [1.82, 2.24) is 0 Å². The number of carbonyl (C=O) groups is 2. The summed E-state index contributed by atoms with van der Waals surface area (Å²) >= 11 is 0. The maximum atomic E-state index is 12.3. The molecule has 3 rings (SSSR count). The van der Waals surface area contributed by atoms with Crippen molar-refractivity contribution in [3.8, 4) is 11.5 Å². The number of Topliss-reactive ketones (excluding diaryl/α,β-unsaturated/α-hetero) is 1. The predicted octanol–water partition coefficient (Wildman–Crippen LogP) is 2.33. The summed E-state index contributed by atoms with van der Waals surface area (Å²) in [4.78, 5) is 23.0. The van der Waals surface area contributed by atoms with Gasteiger partial charge >= 0.3 is 6.09 Å². The number of amides is 1. The number of ether oxygens (including phenoxy) is 2. The minimum atomic E-state index is -0.903. The molecule has 0 saturated carbocycles. The standard InChI is InChI=1S/C16H13NO4/c17-16(19)20-11-6-7-12-13(9-11)21-14(15(12)18)8-10-4-2-1-3-5-10/h1-7,9,14H,8H2,(H2,17,19). The van der Waals surface area contributed by atoms with Crippen molar-refractivity contribution in [3.63, 3.8) is 0 Å². The van der Waals surface area contributed by atoms with Crippen molar-refractivity contribution in [1.29, 1.82) is 0 Å². The van der Waals surface area contributed by atoms with Crippen molar-refractivity contribution in [3.05, 3.63) is 59.7 Å². The van der Waals surface area contributed by atoms with E-state index in [0.29, 0.717) is 17.7 Å². The molecule has 2 aromatic rings. The van der Waals surface area contributed by atoms with Gasteiger partial charge in [-0.15, -0.1) is 0 Å². The molecular formula is C16H13NO4. The van der Waals surface area contributed by atoms with E-state index in [4.69, 9.17) is 15.2 Å². The number of nitrogens with two attached hydrogens (primary N) is 1. The number of primary amides is 1. The average Bonchev–Trinajstić information content (AvgIpc) is 2.75. The highest BCUT2D eigenvalue weighted by Crippen LogP contribution is 2.33. The first-order valence-corrected chi connectivity index (χ1v) is 6.49. The maximum Gasteiger partial charge on any atom is 0.409 e. The number of benzene rings is 2. The normalized spacial score (nSPS) is 16.2. The van der Waals surface area contributed by atoms with Crippen molar-refractivity contribution in [2.45, 2.75) is 12.5 Å². The van der Waals surface area contributed by atoms with Gasteiger partial charge in [0.05, 0.1) is 5.56 Å². The first-order valence-electron chi connectivity index (χ1n) is 6.49. The fourth-order valence-corrected chi connectivity index (χ4v) is 2.33. The average molecular weight is 283 g/mol. The first kappa shape index (κ1) is 13.2. The molecule has 1 unspecified atom stereocenters. The van der Waals surface area contributed by atoms with Gasteiger partial charge in [-0.1, -0.05) is 30.3 Å². The summed E-state index contributed by atoms with van der Waals surface area (Å²) in [7, 11) is 0. The highest BCUT2D eigenvalue weighted by Gasteiger charge is 2.32. The van der Waals surface area contributed by atoms with Gasteiger partial charge < -0.3 is 15.2 Å². The molecule has 2 N–H and O–H groups in total. The molecule has 5 heteroatoms. The smallest absolute Gasteiger partial charge is 0.409 e. The van der Waals surface area contributed by atoms with Crippen LogP contribution in [0.2, 0.25) is 0 Å². The Bertz CT molecular complexity index is 697. The highest BCUT2D eigenvalue weighted by molar-refractivity contribution is 6.04. The van der Waals surface area contributed by atoms with Gasteiger partial charge in [-0.05, 0) is 17.7 Å². The number of hydrogen-bond donors (Lipinski definition) is 1. The van der Waals surface area contributed by atoms with Crippen LogP contribution in [-0.2, 0) is 6.42 Å². The maximum absolute atomic E-state index is 12.3. The summed E-state index contributed by atoms with van der Waals surface area (Å²) in [5.41, 5.74) is 6.48. The summed E-state index contributed by atoms with van der Waals surface area (Å²) in [6.45, 7) is 0. The van der Waals surface area contributed by atoms with Crippen LogP contribution in [0.1, 0.15) is 15.9 Å². The molecule has 0 aromatic heterocycles. The molecule has 1 amide bonds. The van der Waals surface area contributed by atoms with Crippen molar-refractivity contribution < 1.29 is 19.1 Å². The van der Waals surface area contributed by atoms with Crippen LogP contribution in [0.25, 0.3) is 0 Å². The van der Waals surface area contributed by atoms with E-state index >= 15 is 0 Å². The second-order valence-corrected chi connectivity index (χ2v) is 4.74. The molecule has 1 atom stereocenters. The van der Waals surface area contributed by atoms with Gasteiger partial charge in [-0.25, -0.2) is 4.79 Å². The molecule has 0 spiro atoms. The van der Waals surface area contributed by atoms with Gasteiger partial charge in [-0.2, -0.15) is 0 Å². The molecule has 0 aliphatic carbocycles. The van der Waals surface area contributed by atoms with E-state index in [2.05, 4.69) is 0 Å². The summed E-state index contributed by atoms with van der Waals surface area (Å²) in [6.07, 6.45) is -0.952. The molecule has 0 fully saturated rings. The van der Waals surface area contributed by atoms with Crippen LogP contribution in [-0.4, -0.2) is 18.0 Å². The van der Waals surface area contributed by atoms with E-state index in [1.807, 2.05) is 30.3 Å². The molecule has 1 aliphatic rings. The van der Waals surface area contributed by atoms with Crippen LogP contribution in [0.3, 0.4) is 0 Å². The number of ketones is 1. The van der Waals surface area contributed by atoms with Gasteiger partial charge in [0, 0.05) is 12.5 Å². The minimum absolute atomic E-state index is 0.0699. The van der Waals surface area contributed by atoms with Crippen LogP contribution < -0.4 is 15.2 Å². The Kier molecular flexibility index (Phi) is 3.31. The third-order valence-electron chi connectivity index (χ3n) is 3.26. The molecule has 0 saturated heterocycles. The third-order valence-corrected chi connectivity index (χ3v) is 3.26. The Morgan fingerprint density at radius 1 is 1.19 bits per heavy atom. The van der Waals surface area contributed by atoms with E-state index in [-0.39, 0.29) is 11.5 Å². The monoisotopic (exact) mass is 283 g/mol. The van der Waals surface area contributed by atoms with E-state index in [9.17, 15) is 9.59 Å². The van der Waals surface area contributed by atoms with E-state index in [1.54, 1.807) is 6.07 Å². The number of fused-ring (bicyclic) bond motifs is 1. The van der Waals surface area contributed by atoms with Crippen LogP contribution in [0, 0.1) is 0 Å². The molecule has 0 bridgehead atoms. The molecule has 1 heterocycles. The zero-order chi connectivity index (χ0) is 14.8. The Morgan fingerprint density at radius 3 is 2.67 bits per heavy atom. The zero-order valence-electron chi connectivity index (χ0n) is 11.1. The van der Waals surface area contributed by atoms with Crippen molar-refractivity contribution in [2.75, 3.05) is 0 Å². The Hall–Kier alpha value is -2.82. The fourth-order valence-electron chi connectivity index (χ4n) is 2.33. The predicted molar refractivity (Wildman–Crippen MR) is 75.5 cm³/mol. The molecule has 21 heavy (non-hydrogen) atoms. The summed E-state index contributed by atoms with van der Waals surface area (Å²) in [6, 6.07) is 14.3. The summed E-state index contributed by atoms with van der Waals surface area (Å²) < 4.78 is 10.4. The minimum Gasteiger partial charge on any atom is -0.481 e. The topological polar surface area (TPSA) is 78.6 Å².